The fourth-order valence-corrected chi connectivity index (χ4v) is 2.14. The molecule has 3 heteroatoms. The van der Waals surface area contributed by atoms with Gasteiger partial charge in [0.05, 0.1) is 0 Å². The van der Waals surface area contributed by atoms with E-state index in [-0.39, 0.29) is 17.4 Å². The Kier molecular flexibility index (Phi) is 6.03. The highest BCUT2D eigenvalue weighted by Crippen LogP contribution is 2.12. The van der Waals surface area contributed by atoms with Gasteiger partial charge in [0.15, 0.2) is 0 Å². The highest BCUT2D eigenvalue weighted by molar-refractivity contribution is 5.78. The number of carbonyl (C=O) groups excluding carboxylic acids is 1. The van der Waals surface area contributed by atoms with Crippen molar-refractivity contribution in [3.63, 3.8) is 0 Å². The van der Waals surface area contributed by atoms with E-state index < -0.39 is 0 Å². The van der Waals surface area contributed by atoms with Crippen molar-refractivity contribution in [1.82, 2.24) is 10.9 Å². The van der Waals surface area contributed by atoms with Crippen LogP contribution in [0, 0.1) is 5.92 Å². The molecule has 0 aliphatic carbocycles. The lowest BCUT2D eigenvalue weighted by molar-refractivity contribution is -0.126. The Morgan fingerprint density at radius 2 is 1.74 bits per heavy atom. The summed E-state index contributed by atoms with van der Waals surface area (Å²) in [6.45, 7) is 8.27. The average Bonchev–Trinajstić information content (AvgIpc) is 2.38. The molecule has 0 bridgehead atoms. The predicted molar refractivity (Wildman–Crippen MR) is 79.6 cm³/mol. The minimum absolute atomic E-state index is 0.0890. The summed E-state index contributed by atoms with van der Waals surface area (Å²) in [6.07, 6.45) is 2.63. The number of hydrogen-bond acceptors (Lipinski definition) is 2. The maximum Gasteiger partial charge on any atom is 0.237 e. The second-order valence-corrected chi connectivity index (χ2v) is 5.67. The molecule has 106 valence electrons. The molecule has 0 saturated heterocycles. The van der Waals surface area contributed by atoms with Crippen LogP contribution in [0.4, 0.5) is 0 Å². The topological polar surface area (TPSA) is 41.1 Å². The van der Waals surface area contributed by atoms with Crippen molar-refractivity contribution < 1.29 is 4.79 Å². The quantitative estimate of drug-likeness (QED) is 0.741. The van der Waals surface area contributed by atoms with Crippen LogP contribution in [0.25, 0.3) is 0 Å². The van der Waals surface area contributed by atoms with Crippen molar-refractivity contribution in [2.45, 2.75) is 52.5 Å². The Labute approximate surface area is 116 Å². The summed E-state index contributed by atoms with van der Waals surface area (Å²) < 4.78 is 0. The van der Waals surface area contributed by atoms with Crippen molar-refractivity contribution in [3.05, 3.63) is 35.9 Å². The zero-order valence-corrected chi connectivity index (χ0v) is 12.5. The van der Waals surface area contributed by atoms with Crippen LogP contribution >= 0.6 is 0 Å². The molecule has 19 heavy (non-hydrogen) atoms. The molecule has 0 fully saturated rings. The van der Waals surface area contributed by atoms with Crippen LogP contribution in [0.1, 0.15) is 46.1 Å². The standard InChI is InChI=1S/C16H26N2O/c1-5-14(6-2)15(19)17-18-16(3,4)12-13-10-8-7-9-11-13/h7-11,14,18H,5-6,12H2,1-4H3,(H,17,19). The van der Waals surface area contributed by atoms with Gasteiger partial charge in [-0.15, -0.1) is 0 Å². The molecule has 0 heterocycles. The van der Waals surface area contributed by atoms with Crippen molar-refractivity contribution >= 4 is 5.91 Å². The number of hydrazine groups is 1. The van der Waals surface area contributed by atoms with Gasteiger partial charge < -0.3 is 0 Å². The zero-order valence-electron chi connectivity index (χ0n) is 12.5. The smallest absolute Gasteiger partial charge is 0.237 e. The Morgan fingerprint density at radius 3 is 2.26 bits per heavy atom. The third-order valence-corrected chi connectivity index (χ3v) is 3.37. The lowest BCUT2D eigenvalue weighted by atomic mass is 9.96. The van der Waals surface area contributed by atoms with Crippen LogP contribution in [0.3, 0.4) is 0 Å². The predicted octanol–water partition coefficient (Wildman–Crippen LogP) is 3.06. The molecule has 0 aliphatic rings. The molecule has 0 radical (unpaired) electrons. The number of nitrogens with one attached hydrogen (secondary N) is 2. The summed E-state index contributed by atoms with van der Waals surface area (Å²) in [7, 11) is 0. The molecular formula is C16H26N2O. The van der Waals surface area contributed by atoms with Crippen LogP contribution in [0.15, 0.2) is 30.3 Å². The molecule has 0 spiro atoms. The molecule has 2 N–H and O–H groups in total. The minimum Gasteiger partial charge on any atom is -0.291 e. The monoisotopic (exact) mass is 262 g/mol. The van der Waals surface area contributed by atoms with Gasteiger partial charge in [-0.1, -0.05) is 44.2 Å². The molecule has 0 aromatic heterocycles. The van der Waals surface area contributed by atoms with Gasteiger partial charge in [0, 0.05) is 11.5 Å². The van der Waals surface area contributed by atoms with Crippen LogP contribution in [0.5, 0.6) is 0 Å². The summed E-state index contributed by atoms with van der Waals surface area (Å²) in [4.78, 5) is 11.9. The summed E-state index contributed by atoms with van der Waals surface area (Å²) in [5.41, 5.74) is 7.11. The van der Waals surface area contributed by atoms with Crippen molar-refractivity contribution in [3.8, 4) is 0 Å². The van der Waals surface area contributed by atoms with E-state index in [0.717, 1.165) is 19.3 Å². The Balaban J connectivity index is 2.49. The van der Waals surface area contributed by atoms with Gasteiger partial charge in [-0.3, -0.25) is 10.2 Å². The number of amides is 1. The van der Waals surface area contributed by atoms with Gasteiger partial charge in [0.1, 0.15) is 0 Å². The van der Waals surface area contributed by atoms with E-state index in [9.17, 15) is 4.79 Å². The highest BCUT2D eigenvalue weighted by Gasteiger charge is 2.21. The van der Waals surface area contributed by atoms with Gasteiger partial charge in [-0.25, -0.2) is 5.43 Å². The summed E-state index contributed by atoms with van der Waals surface area (Å²) in [5.74, 6) is 0.186. The van der Waals surface area contributed by atoms with Crippen molar-refractivity contribution in [2.24, 2.45) is 5.92 Å². The normalized spacial score (nSPS) is 11.6. The van der Waals surface area contributed by atoms with E-state index in [1.54, 1.807) is 0 Å². The first kappa shape index (κ1) is 15.7. The van der Waals surface area contributed by atoms with Crippen molar-refractivity contribution in [1.29, 1.82) is 0 Å². The van der Waals surface area contributed by atoms with E-state index in [2.05, 4.69) is 36.8 Å². The van der Waals surface area contributed by atoms with E-state index >= 15 is 0 Å². The summed E-state index contributed by atoms with van der Waals surface area (Å²) in [5, 5.41) is 0. The van der Waals surface area contributed by atoms with E-state index in [0.29, 0.717) is 0 Å². The maximum atomic E-state index is 11.9. The van der Waals surface area contributed by atoms with E-state index in [1.165, 1.54) is 5.56 Å². The maximum absolute atomic E-state index is 11.9. The lowest BCUT2D eigenvalue weighted by Gasteiger charge is -2.27. The van der Waals surface area contributed by atoms with Crippen molar-refractivity contribution in [2.75, 3.05) is 0 Å². The first-order chi connectivity index (χ1) is 8.98. The highest BCUT2D eigenvalue weighted by atomic mass is 16.2. The van der Waals surface area contributed by atoms with Crippen LogP contribution in [-0.4, -0.2) is 11.4 Å². The molecule has 3 nitrogen and oxygen atoms in total. The van der Waals surface area contributed by atoms with Crippen LogP contribution in [0.2, 0.25) is 0 Å². The number of carbonyl (C=O) groups is 1. The molecule has 0 saturated carbocycles. The van der Waals surface area contributed by atoms with E-state index in [4.69, 9.17) is 0 Å². The Bertz CT molecular complexity index is 383. The third-order valence-electron chi connectivity index (χ3n) is 3.37. The Morgan fingerprint density at radius 1 is 1.16 bits per heavy atom. The third kappa shape index (κ3) is 5.43. The molecule has 1 rings (SSSR count). The number of hydrogen-bond donors (Lipinski definition) is 2. The van der Waals surface area contributed by atoms with Crippen LogP contribution < -0.4 is 10.9 Å². The van der Waals surface area contributed by atoms with Gasteiger partial charge in [-0.2, -0.15) is 0 Å². The molecule has 1 aromatic rings. The second kappa shape index (κ2) is 7.29. The molecule has 0 atom stereocenters. The van der Waals surface area contributed by atoms with Gasteiger partial charge >= 0.3 is 0 Å². The average molecular weight is 262 g/mol. The molecule has 1 aromatic carbocycles. The Hall–Kier alpha value is -1.35. The van der Waals surface area contributed by atoms with Gasteiger partial charge in [-0.05, 0) is 38.7 Å². The molecule has 1 amide bonds. The molecular weight excluding hydrogens is 236 g/mol. The van der Waals surface area contributed by atoms with Gasteiger partial charge in [0.2, 0.25) is 5.91 Å². The molecule has 0 aliphatic heterocycles. The summed E-state index contributed by atoms with van der Waals surface area (Å²) in [6, 6.07) is 10.3. The number of benzene rings is 1. The second-order valence-electron chi connectivity index (χ2n) is 5.67. The van der Waals surface area contributed by atoms with Gasteiger partial charge in [0.25, 0.3) is 0 Å². The zero-order chi connectivity index (χ0) is 14.3. The van der Waals surface area contributed by atoms with Crippen LogP contribution in [-0.2, 0) is 11.2 Å². The molecule has 0 unspecified atom stereocenters. The fourth-order valence-electron chi connectivity index (χ4n) is 2.14. The fraction of sp³-hybridized carbons (Fsp3) is 0.562. The summed E-state index contributed by atoms with van der Waals surface area (Å²) >= 11 is 0. The SMILES string of the molecule is CCC(CC)C(=O)NNC(C)(C)Cc1ccccc1. The first-order valence-corrected chi connectivity index (χ1v) is 7.09. The largest absolute Gasteiger partial charge is 0.291 e. The number of rotatable bonds is 7. The lowest BCUT2D eigenvalue weighted by Crippen LogP contribution is -2.53. The first-order valence-electron chi connectivity index (χ1n) is 7.09. The van der Waals surface area contributed by atoms with E-state index in [1.807, 2.05) is 32.0 Å². The minimum atomic E-state index is -0.164.